The third kappa shape index (κ3) is 5.15. The number of hydrogen-bond donors (Lipinski definition) is 1. The lowest BCUT2D eigenvalue weighted by Crippen LogP contribution is -2.39. The molecule has 1 N–H and O–H groups in total. The zero-order valence-electron chi connectivity index (χ0n) is 13.6. The van der Waals surface area contributed by atoms with Crippen LogP contribution in [-0.4, -0.2) is 33.2 Å². The van der Waals surface area contributed by atoms with Crippen molar-refractivity contribution in [2.75, 3.05) is 17.1 Å². The van der Waals surface area contributed by atoms with Crippen LogP contribution in [0.2, 0.25) is 0 Å². The monoisotopic (exact) mass is 360 g/mol. The van der Waals surface area contributed by atoms with E-state index < -0.39 is 21.7 Å². The molecule has 1 aliphatic carbocycles. The van der Waals surface area contributed by atoms with Crippen LogP contribution in [-0.2, 0) is 14.8 Å². The zero-order chi connectivity index (χ0) is 17.7. The second-order valence-corrected chi connectivity index (χ2v) is 7.99. The van der Waals surface area contributed by atoms with Crippen LogP contribution in [0.15, 0.2) is 18.2 Å². The van der Waals surface area contributed by atoms with Gasteiger partial charge < -0.3 is 5.32 Å². The second-order valence-electron chi connectivity index (χ2n) is 6.08. The van der Waals surface area contributed by atoms with E-state index in [-0.39, 0.29) is 30.6 Å². The van der Waals surface area contributed by atoms with Gasteiger partial charge in [-0.1, -0.05) is 19.3 Å². The van der Waals surface area contributed by atoms with Crippen LogP contribution >= 0.6 is 0 Å². The number of amides is 1. The van der Waals surface area contributed by atoms with Crippen molar-refractivity contribution in [3.8, 4) is 0 Å². The number of hydrogen-bond acceptors (Lipinski definition) is 3. The molecule has 0 unspecified atom stereocenters. The molecule has 0 aliphatic heterocycles. The molecule has 0 bridgehead atoms. The molecule has 24 heavy (non-hydrogen) atoms. The summed E-state index contributed by atoms with van der Waals surface area (Å²) < 4.78 is 51.5. The molecule has 1 aromatic rings. The van der Waals surface area contributed by atoms with Crippen LogP contribution < -0.4 is 9.62 Å². The lowest BCUT2D eigenvalue weighted by molar-refractivity contribution is -0.121. The summed E-state index contributed by atoms with van der Waals surface area (Å²) in [6.45, 7) is -0.195. The van der Waals surface area contributed by atoms with Crippen molar-refractivity contribution in [2.45, 2.75) is 44.6 Å². The highest BCUT2D eigenvalue weighted by Crippen LogP contribution is 2.23. The smallest absolute Gasteiger partial charge is 0.232 e. The molecular formula is C16H22F2N2O3S. The second kappa shape index (κ2) is 7.92. The summed E-state index contributed by atoms with van der Waals surface area (Å²) >= 11 is 0. The molecule has 1 aliphatic rings. The van der Waals surface area contributed by atoms with Crippen LogP contribution in [0, 0.1) is 11.6 Å². The molecule has 1 amide bonds. The Morgan fingerprint density at radius 3 is 2.50 bits per heavy atom. The van der Waals surface area contributed by atoms with Gasteiger partial charge in [0.2, 0.25) is 15.9 Å². The standard InChI is InChI=1S/C16H22F2N2O3S/c1-24(22,23)20(15-8-7-12(17)11-14(15)18)10-9-16(21)19-13-5-3-2-4-6-13/h7-8,11,13H,2-6,9-10H2,1H3,(H,19,21). The first-order chi connectivity index (χ1) is 11.3. The minimum absolute atomic E-state index is 0.0829. The first-order valence-electron chi connectivity index (χ1n) is 7.99. The van der Waals surface area contributed by atoms with Gasteiger partial charge in [-0.15, -0.1) is 0 Å². The van der Waals surface area contributed by atoms with Crippen LogP contribution in [0.3, 0.4) is 0 Å². The van der Waals surface area contributed by atoms with E-state index >= 15 is 0 Å². The van der Waals surface area contributed by atoms with Crippen molar-refractivity contribution in [1.82, 2.24) is 5.32 Å². The molecule has 0 radical (unpaired) electrons. The van der Waals surface area contributed by atoms with E-state index in [1.165, 1.54) is 0 Å². The normalized spacial score (nSPS) is 16.0. The number of carbonyl (C=O) groups is 1. The van der Waals surface area contributed by atoms with Gasteiger partial charge in [0.1, 0.15) is 11.6 Å². The van der Waals surface area contributed by atoms with E-state index in [1.807, 2.05) is 0 Å². The molecule has 0 heterocycles. The Bertz CT molecular complexity index is 689. The van der Waals surface area contributed by atoms with Crippen molar-refractivity contribution in [2.24, 2.45) is 0 Å². The highest BCUT2D eigenvalue weighted by atomic mass is 32.2. The molecule has 8 heteroatoms. The summed E-state index contributed by atoms with van der Waals surface area (Å²) in [5.74, 6) is -2.04. The van der Waals surface area contributed by atoms with Gasteiger partial charge in [-0.05, 0) is 25.0 Å². The summed E-state index contributed by atoms with van der Waals surface area (Å²) in [7, 11) is -3.79. The third-order valence-corrected chi connectivity index (χ3v) is 5.27. The van der Waals surface area contributed by atoms with Crippen molar-refractivity contribution in [3.63, 3.8) is 0 Å². The Hall–Kier alpha value is -1.70. The van der Waals surface area contributed by atoms with E-state index in [0.29, 0.717) is 6.07 Å². The van der Waals surface area contributed by atoms with E-state index in [4.69, 9.17) is 0 Å². The van der Waals surface area contributed by atoms with Crippen molar-refractivity contribution >= 4 is 21.6 Å². The number of carbonyl (C=O) groups excluding carboxylic acids is 1. The average Bonchev–Trinajstić information content (AvgIpc) is 2.49. The lowest BCUT2D eigenvalue weighted by Gasteiger charge is -2.25. The maximum Gasteiger partial charge on any atom is 0.232 e. The van der Waals surface area contributed by atoms with E-state index in [2.05, 4.69) is 5.32 Å². The molecule has 2 rings (SSSR count). The molecule has 0 aromatic heterocycles. The third-order valence-electron chi connectivity index (χ3n) is 4.09. The van der Waals surface area contributed by atoms with Crippen LogP contribution in [0.1, 0.15) is 38.5 Å². The minimum atomic E-state index is -3.79. The lowest BCUT2D eigenvalue weighted by atomic mass is 9.95. The zero-order valence-corrected chi connectivity index (χ0v) is 14.4. The maximum atomic E-state index is 13.9. The number of halogens is 2. The Morgan fingerprint density at radius 2 is 1.92 bits per heavy atom. The first-order valence-corrected chi connectivity index (χ1v) is 9.84. The van der Waals surface area contributed by atoms with Crippen molar-refractivity contribution in [3.05, 3.63) is 29.8 Å². The van der Waals surface area contributed by atoms with Gasteiger partial charge in [-0.2, -0.15) is 0 Å². The molecule has 0 saturated heterocycles. The number of nitrogens with one attached hydrogen (secondary N) is 1. The molecule has 1 saturated carbocycles. The topological polar surface area (TPSA) is 66.5 Å². The van der Waals surface area contributed by atoms with Crippen molar-refractivity contribution < 1.29 is 22.0 Å². The summed E-state index contributed by atoms with van der Waals surface area (Å²) in [5, 5.41) is 2.89. The largest absolute Gasteiger partial charge is 0.353 e. The average molecular weight is 360 g/mol. The molecule has 1 aromatic carbocycles. The van der Waals surface area contributed by atoms with Gasteiger partial charge in [0.15, 0.2) is 0 Å². The van der Waals surface area contributed by atoms with Gasteiger partial charge in [0, 0.05) is 25.1 Å². The van der Waals surface area contributed by atoms with Crippen LogP contribution in [0.25, 0.3) is 0 Å². The number of nitrogens with zero attached hydrogens (tertiary/aromatic N) is 1. The molecular weight excluding hydrogens is 338 g/mol. The summed E-state index contributed by atoms with van der Waals surface area (Å²) in [5.41, 5.74) is -0.260. The van der Waals surface area contributed by atoms with Crippen LogP contribution in [0.5, 0.6) is 0 Å². The predicted molar refractivity (Wildman–Crippen MR) is 88.2 cm³/mol. The SMILES string of the molecule is CS(=O)(=O)N(CCC(=O)NC1CCCCC1)c1ccc(F)cc1F. The van der Waals surface area contributed by atoms with Gasteiger partial charge in [0.05, 0.1) is 11.9 Å². The van der Waals surface area contributed by atoms with E-state index in [0.717, 1.165) is 54.8 Å². The minimum Gasteiger partial charge on any atom is -0.353 e. The Morgan fingerprint density at radius 1 is 1.25 bits per heavy atom. The summed E-state index contributed by atoms with van der Waals surface area (Å²) in [4.78, 5) is 12.0. The van der Waals surface area contributed by atoms with Crippen molar-refractivity contribution in [1.29, 1.82) is 0 Å². The fourth-order valence-corrected chi connectivity index (χ4v) is 3.83. The fraction of sp³-hybridized carbons (Fsp3) is 0.562. The molecule has 0 atom stereocenters. The van der Waals surface area contributed by atoms with E-state index in [1.54, 1.807) is 0 Å². The first kappa shape index (κ1) is 18.6. The maximum absolute atomic E-state index is 13.9. The summed E-state index contributed by atoms with van der Waals surface area (Å²) in [6, 6.07) is 2.79. The molecule has 5 nitrogen and oxygen atoms in total. The Kier molecular flexibility index (Phi) is 6.15. The van der Waals surface area contributed by atoms with Gasteiger partial charge in [-0.3, -0.25) is 9.10 Å². The summed E-state index contributed by atoms with van der Waals surface area (Å²) in [6.07, 6.45) is 6.00. The van der Waals surface area contributed by atoms with Gasteiger partial charge >= 0.3 is 0 Å². The number of sulfonamides is 1. The number of anilines is 1. The van der Waals surface area contributed by atoms with Gasteiger partial charge in [0.25, 0.3) is 0 Å². The molecule has 134 valence electrons. The number of rotatable bonds is 6. The highest BCUT2D eigenvalue weighted by molar-refractivity contribution is 7.92. The molecule has 0 spiro atoms. The Labute approximate surface area is 141 Å². The Balaban J connectivity index is 2.03. The fourth-order valence-electron chi connectivity index (χ4n) is 2.90. The highest BCUT2D eigenvalue weighted by Gasteiger charge is 2.23. The van der Waals surface area contributed by atoms with Crippen LogP contribution in [0.4, 0.5) is 14.5 Å². The quantitative estimate of drug-likeness (QED) is 0.848. The molecule has 1 fully saturated rings. The number of benzene rings is 1. The van der Waals surface area contributed by atoms with E-state index in [9.17, 15) is 22.0 Å². The predicted octanol–water partition coefficient (Wildman–Crippen LogP) is 2.57. The van der Waals surface area contributed by atoms with Gasteiger partial charge in [-0.25, -0.2) is 17.2 Å².